The first-order valence-electron chi connectivity index (χ1n) is 11.3. The number of benzene rings is 2. The van der Waals surface area contributed by atoms with Crippen molar-refractivity contribution < 1.29 is 31.1 Å². The summed E-state index contributed by atoms with van der Waals surface area (Å²) in [5.74, 6) is 0.141. The highest BCUT2D eigenvalue weighted by molar-refractivity contribution is 7.89. The first kappa shape index (κ1) is 25.7. The molecular weight excluding hydrogens is 497 g/mol. The lowest BCUT2D eigenvalue weighted by molar-refractivity contribution is -0.142. The predicted octanol–water partition coefficient (Wildman–Crippen LogP) is 3.44. The molecule has 8 nitrogen and oxygen atoms in total. The third-order valence-electron chi connectivity index (χ3n) is 5.92. The van der Waals surface area contributed by atoms with Gasteiger partial charge in [0.25, 0.3) is 5.91 Å². The highest BCUT2D eigenvalue weighted by atomic mass is 32.2. The molecule has 0 spiro atoms. The molecule has 192 valence electrons. The summed E-state index contributed by atoms with van der Waals surface area (Å²) in [5.41, 5.74) is 1.21. The van der Waals surface area contributed by atoms with Crippen LogP contribution in [0.25, 0.3) is 0 Å². The Bertz CT molecular complexity index is 1340. The fourth-order valence-corrected chi connectivity index (χ4v) is 4.63. The van der Waals surface area contributed by atoms with Gasteiger partial charge in [0, 0.05) is 23.4 Å². The van der Waals surface area contributed by atoms with E-state index in [-0.39, 0.29) is 30.5 Å². The number of primary sulfonamides is 1. The minimum absolute atomic E-state index is 0.0126. The van der Waals surface area contributed by atoms with Crippen LogP contribution in [-0.2, 0) is 42.1 Å². The van der Waals surface area contributed by atoms with Crippen LogP contribution in [0.1, 0.15) is 45.7 Å². The van der Waals surface area contributed by atoms with Gasteiger partial charge in [-0.15, -0.1) is 0 Å². The molecule has 1 aromatic heterocycles. The minimum Gasteiger partial charge on any atom is -0.492 e. The highest BCUT2D eigenvalue weighted by Crippen LogP contribution is 2.35. The van der Waals surface area contributed by atoms with Gasteiger partial charge < -0.3 is 10.1 Å². The Kier molecular flexibility index (Phi) is 7.36. The van der Waals surface area contributed by atoms with Crippen LogP contribution >= 0.6 is 0 Å². The number of nitrogens with two attached hydrogens (primary N) is 1. The molecule has 36 heavy (non-hydrogen) atoms. The number of carbonyl (C=O) groups is 1. The molecule has 1 aliphatic rings. The minimum atomic E-state index is -4.47. The summed E-state index contributed by atoms with van der Waals surface area (Å²) >= 11 is 0. The van der Waals surface area contributed by atoms with Crippen molar-refractivity contribution in [2.24, 2.45) is 5.14 Å². The number of sulfonamides is 1. The van der Waals surface area contributed by atoms with Crippen LogP contribution in [0.3, 0.4) is 0 Å². The van der Waals surface area contributed by atoms with Crippen molar-refractivity contribution in [1.82, 2.24) is 15.1 Å². The summed E-state index contributed by atoms with van der Waals surface area (Å²) in [6.45, 7) is 0.506. The number of fused-ring (bicyclic) bond motifs is 1. The predicted molar refractivity (Wildman–Crippen MR) is 125 cm³/mol. The van der Waals surface area contributed by atoms with E-state index in [2.05, 4.69) is 10.4 Å². The summed E-state index contributed by atoms with van der Waals surface area (Å²) in [6, 6.07) is 12.2. The summed E-state index contributed by atoms with van der Waals surface area (Å²) in [7, 11) is -3.78. The molecule has 2 aromatic carbocycles. The van der Waals surface area contributed by atoms with Crippen LogP contribution in [0.2, 0.25) is 0 Å². The zero-order valence-corrected chi connectivity index (χ0v) is 20.0. The van der Waals surface area contributed by atoms with E-state index in [1.807, 2.05) is 0 Å². The fourth-order valence-electron chi connectivity index (χ4n) is 4.12. The number of hydrogen-bond acceptors (Lipinski definition) is 5. The van der Waals surface area contributed by atoms with E-state index in [1.165, 1.54) is 16.8 Å². The number of aromatic nitrogens is 2. The third kappa shape index (κ3) is 6.05. The molecule has 4 rings (SSSR count). The standard InChI is InChI=1S/C24H25F3N4O4S/c25-24(26,27)22-20-3-1-2-4-21(20)31(30-22)13-14-35-18-9-7-17(8-10-18)23(32)29-15-16-5-11-19(12-6-16)36(28,33)34/h5-12H,1-4,13-15H2,(H,29,32)(H2,28,33,34). The second-order valence-electron chi connectivity index (χ2n) is 8.45. The van der Waals surface area contributed by atoms with Gasteiger partial charge in [-0.05, 0) is 67.6 Å². The van der Waals surface area contributed by atoms with E-state index in [1.54, 1.807) is 36.4 Å². The van der Waals surface area contributed by atoms with Crippen molar-refractivity contribution in [2.45, 2.75) is 49.8 Å². The molecular formula is C24H25F3N4O4S. The molecule has 0 bridgehead atoms. The molecule has 1 aliphatic carbocycles. The summed E-state index contributed by atoms with van der Waals surface area (Å²) in [5, 5.41) is 11.6. The molecule has 1 amide bonds. The van der Waals surface area contributed by atoms with E-state index in [0.717, 1.165) is 12.8 Å². The van der Waals surface area contributed by atoms with Gasteiger partial charge in [-0.1, -0.05) is 12.1 Å². The zero-order chi connectivity index (χ0) is 25.9. The Morgan fingerprint density at radius 3 is 2.36 bits per heavy atom. The van der Waals surface area contributed by atoms with Crippen LogP contribution in [-0.4, -0.2) is 30.7 Å². The number of alkyl halides is 3. The zero-order valence-electron chi connectivity index (χ0n) is 19.2. The van der Waals surface area contributed by atoms with Gasteiger partial charge in [0.05, 0.1) is 11.4 Å². The van der Waals surface area contributed by atoms with Gasteiger partial charge in [-0.2, -0.15) is 18.3 Å². The second-order valence-corrected chi connectivity index (χ2v) is 10.0. The number of nitrogens with zero attached hydrogens (tertiary/aromatic N) is 2. The lowest BCUT2D eigenvalue weighted by Crippen LogP contribution is -2.22. The van der Waals surface area contributed by atoms with E-state index in [9.17, 15) is 26.4 Å². The smallest absolute Gasteiger partial charge is 0.435 e. The number of halogens is 3. The molecule has 1 heterocycles. The Morgan fingerprint density at radius 1 is 1.06 bits per heavy atom. The topological polar surface area (TPSA) is 116 Å². The number of rotatable bonds is 8. The van der Waals surface area contributed by atoms with Gasteiger partial charge in [0.1, 0.15) is 12.4 Å². The van der Waals surface area contributed by atoms with Crippen molar-refractivity contribution in [3.8, 4) is 5.75 Å². The fraction of sp³-hybridized carbons (Fsp3) is 0.333. The van der Waals surface area contributed by atoms with Crippen LogP contribution in [0.5, 0.6) is 5.75 Å². The first-order chi connectivity index (χ1) is 17.0. The maximum absolute atomic E-state index is 13.3. The van der Waals surface area contributed by atoms with Crippen molar-refractivity contribution in [3.05, 3.63) is 76.6 Å². The van der Waals surface area contributed by atoms with E-state index >= 15 is 0 Å². The van der Waals surface area contributed by atoms with E-state index < -0.39 is 21.9 Å². The average Bonchev–Trinajstić information content (AvgIpc) is 3.22. The quantitative estimate of drug-likeness (QED) is 0.470. The lowest BCUT2D eigenvalue weighted by atomic mass is 9.95. The van der Waals surface area contributed by atoms with Crippen LogP contribution in [0, 0.1) is 0 Å². The molecule has 3 N–H and O–H groups in total. The van der Waals surface area contributed by atoms with E-state index in [4.69, 9.17) is 9.88 Å². The molecule has 0 saturated carbocycles. The number of carbonyl (C=O) groups excluding carboxylic acids is 1. The average molecular weight is 523 g/mol. The molecule has 12 heteroatoms. The van der Waals surface area contributed by atoms with Gasteiger partial charge in [0.2, 0.25) is 10.0 Å². The molecule has 0 unspecified atom stereocenters. The first-order valence-corrected chi connectivity index (χ1v) is 12.9. The Morgan fingerprint density at radius 2 is 1.72 bits per heavy atom. The number of hydrogen-bond donors (Lipinski definition) is 2. The Hall–Kier alpha value is -3.38. The van der Waals surface area contributed by atoms with Crippen molar-refractivity contribution in [3.63, 3.8) is 0 Å². The number of amides is 1. The largest absolute Gasteiger partial charge is 0.492 e. The third-order valence-corrected chi connectivity index (χ3v) is 6.85. The molecule has 0 fully saturated rings. The summed E-state index contributed by atoms with van der Waals surface area (Å²) < 4.78 is 69.6. The lowest BCUT2D eigenvalue weighted by Gasteiger charge is -2.15. The Balaban J connectivity index is 1.30. The molecule has 3 aromatic rings. The monoisotopic (exact) mass is 522 g/mol. The highest BCUT2D eigenvalue weighted by Gasteiger charge is 2.39. The second kappa shape index (κ2) is 10.3. The van der Waals surface area contributed by atoms with Crippen molar-refractivity contribution >= 4 is 15.9 Å². The number of ether oxygens (including phenoxy) is 1. The van der Waals surface area contributed by atoms with Crippen molar-refractivity contribution in [1.29, 1.82) is 0 Å². The van der Waals surface area contributed by atoms with Crippen molar-refractivity contribution in [2.75, 3.05) is 6.61 Å². The maximum atomic E-state index is 13.3. The molecule has 0 saturated heterocycles. The molecule has 0 atom stereocenters. The van der Waals surface area contributed by atoms with Gasteiger partial charge in [0.15, 0.2) is 5.69 Å². The maximum Gasteiger partial charge on any atom is 0.435 e. The molecule has 0 radical (unpaired) electrons. The summed E-state index contributed by atoms with van der Waals surface area (Å²) in [6.07, 6.45) is -1.96. The van der Waals surface area contributed by atoms with Gasteiger partial charge in [-0.25, -0.2) is 13.6 Å². The summed E-state index contributed by atoms with van der Waals surface area (Å²) in [4.78, 5) is 12.4. The van der Waals surface area contributed by atoms with Crippen LogP contribution < -0.4 is 15.2 Å². The number of nitrogens with one attached hydrogen (secondary N) is 1. The SMILES string of the molecule is NS(=O)(=O)c1ccc(CNC(=O)c2ccc(OCCn3nc(C(F)(F)F)c4c3CCCC4)cc2)cc1. The van der Waals surface area contributed by atoms with Crippen LogP contribution in [0.15, 0.2) is 53.4 Å². The Labute approximate surface area is 206 Å². The van der Waals surface area contributed by atoms with Gasteiger partial charge >= 0.3 is 6.18 Å². The normalized spacial score (nSPS) is 13.8. The molecule has 0 aliphatic heterocycles. The van der Waals surface area contributed by atoms with Gasteiger partial charge in [-0.3, -0.25) is 9.48 Å². The van der Waals surface area contributed by atoms with Crippen LogP contribution in [0.4, 0.5) is 13.2 Å². The van der Waals surface area contributed by atoms with E-state index in [0.29, 0.717) is 41.0 Å².